The predicted octanol–water partition coefficient (Wildman–Crippen LogP) is 0.274. The van der Waals surface area contributed by atoms with Gasteiger partial charge in [-0.25, -0.2) is 9.48 Å². The SMILES string of the molecule is CCCCCCCCCCn1nc2c(=O)nc(N)nc-2n1[C@@H]1O[C@H](CO)[C@@H](O)[C@H]1O. The number of aromatic nitrogens is 5. The first-order chi connectivity index (χ1) is 14.5. The molecule has 0 amide bonds. The van der Waals surface area contributed by atoms with Crippen LogP contribution in [-0.4, -0.2) is 64.8 Å². The average molecular weight is 425 g/mol. The van der Waals surface area contributed by atoms with Crippen LogP contribution < -0.4 is 11.3 Å². The Morgan fingerprint density at radius 2 is 1.70 bits per heavy atom. The van der Waals surface area contributed by atoms with E-state index in [0.717, 1.165) is 19.3 Å². The van der Waals surface area contributed by atoms with Gasteiger partial charge in [0.25, 0.3) is 0 Å². The summed E-state index contributed by atoms with van der Waals surface area (Å²) < 4.78 is 7.07. The van der Waals surface area contributed by atoms with Crippen molar-refractivity contribution in [3.8, 4) is 11.5 Å². The fourth-order valence-electron chi connectivity index (χ4n) is 3.84. The zero-order valence-electron chi connectivity index (χ0n) is 17.4. The summed E-state index contributed by atoms with van der Waals surface area (Å²) in [4.78, 5) is 21.5. The van der Waals surface area contributed by atoms with Gasteiger partial charge in [0.2, 0.25) is 5.95 Å². The van der Waals surface area contributed by atoms with Gasteiger partial charge < -0.3 is 25.8 Å². The predicted molar refractivity (Wildman–Crippen MR) is 109 cm³/mol. The number of anilines is 1. The molecule has 0 aliphatic carbocycles. The quantitative estimate of drug-likeness (QED) is 0.371. The molecule has 0 aromatic rings. The molecule has 1 fully saturated rings. The lowest BCUT2D eigenvalue weighted by Crippen LogP contribution is -2.34. The van der Waals surface area contributed by atoms with E-state index in [2.05, 4.69) is 22.0 Å². The number of nitrogen functional groups attached to an aromatic ring is 1. The van der Waals surface area contributed by atoms with Crippen LogP contribution in [0.2, 0.25) is 0 Å². The van der Waals surface area contributed by atoms with Gasteiger partial charge in [-0.2, -0.15) is 9.97 Å². The van der Waals surface area contributed by atoms with E-state index in [1.54, 1.807) is 0 Å². The maximum atomic E-state index is 12.2. The minimum atomic E-state index is -1.32. The van der Waals surface area contributed by atoms with Gasteiger partial charge in [-0.15, -0.1) is 5.10 Å². The van der Waals surface area contributed by atoms with E-state index in [4.69, 9.17) is 10.5 Å². The van der Waals surface area contributed by atoms with E-state index < -0.39 is 36.7 Å². The highest BCUT2D eigenvalue weighted by molar-refractivity contribution is 5.51. The Kier molecular flexibility index (Phi) is 7.75. The molecule has 4 atom stereocenters. The molecule has 0 spiro atoms. The van der Waals surface area contributed by atoms with E-state index in [1.807, 2.05) is 0 Å². The summed E-state index contributed by atoms with van der Waals surface area (Å²) in [5.74, 6) is -0.0819. The second-order valence-corrected chi connectivity index (χ2v) is 7.80. The largest absolute Gasteiger partial charge is 0.394 e. The van der Waals surface area contributed by atoms with Crippen LogP contribution in [0.25, 0.3) is 11.5 Å². The van der Waals surface area contributed by atoms with E-state index in [1.165, 1.54) is 41.6 Å². The van der Waals surface area contributed by atoms with Gasteiger partial charge in [-0.3, -0.25) is 4.79 Å². The van der Waals surface area contributed by atoms with Gasteiger partial charge in [0.1, 0.15) is 18.3 Å². The molecule has 3 aliphatic heterocycles. The number of unbranched alkanes of at least 4 members (excludes halogenated alkanes) is 7. The van der Waals surface area contributed by atoms with Crippen molar-refractivity contribution in [2.24, 2.45) is 0 Å². The Morgan fingerprint density at radius 1 is 1.03 bits per heavy atom. The van der Waals surface area contributed by atoms with Gasteiger partial charge >= 0.3 is 5.56 Å². The van der Waals surface area contributed by atoms with Crippen LogP contribution in [0.15, 0.2) is 4.79 Å². The Labute approximate surface area is 174 Å². The molecule has 11 nitrogen and oxygen atoms in total. The molecule has 3 rings (SSSR count). The summed E-state index contributed by atoms with van der Waals surface area (Å²) in [7, 11) is 0. The lowest BCUT2D eigenvalue weighted by molar-refractivity contribution is -0.0654. The van der Waals surface area contributed by atoms with Crippen molar-refractivity contribution < 1.29 is 20.1 Å². The lowest BCUT2D eigenvalue weighted by Gasteiger charge is -2.20. The Balaban J connectivity index is 1.76. The molecule has 11 heteroatoms. The maximum Gasteiger partial charge on any atom is 0.304 e. The third kappa shape index (κ3) is 4.80. The number of hydrogen-bond donors (Lipinski definition) is 4. The molecule has 30 heavy (non-hydrogen) atoms. The number of hydrogen-bond acceptors (Lipinski definition) is 9. The number of rotatable bonds is 11. The Bertz CT molecular complexity index is 839. The van der Waals surface area contributed by atoms with Crippen LogP contribution in [-0.2, 0) is 11.3 Å². The zero-order chi connectivity index (χ0) is 21.7. The molecule has 5 N–H and O–H groups in total. The summed E-state index contributed by atoms with van der Waals surface area (Å²) in [6.07, 6.45) is 4.47. The number of aliphatic hydroxyl groups excluding tert-OH is 3. The summed E-state index contributed by atoms with van der Waals surface area (Å²) in [5.41, 5.74) is 5.04. The molecular weight excluding hydrogens is 392 g/mol. The van der Waals surface area contributed by atoms with Gasteiger partial charge in [0, 0.05) is 0 Å². The topological polar surface area (TPSA) is 162 Å². The molecule has 3 heterocycles. The zero-order valence-corrected chi connectivity index (χ0v) is 17.4. The normalized spacial score (nSPS) is 24.1. The number of nitrogens with two attached hydrogens (primary N) is 1. The van der Waals surface area contributed by atoms with E-state index >= 15 is 0 Å². The van der Waals surface area contributed by atoms with Gasteiger partial charge in [0.05, 0.1) is 13.2 Å². The summed E-state index contributed by atoms with van der Waals surface area (Å²) >= 11 is 0. The van der Waals surface area contributed by atoms with Crippen molar-refractivity contribution in [2.75, 3.05) is 12.3 Å². The van der Waals surface area contributed by atoms with Crippen molar-refractivity contribution >= 4 is 5.95 Å². The van der Waals surface area contributed by atoms with Crippen LogP contribution in [0.1, 0.15) is 64.5 Å². The average Bonchev–Trinajstić information content (AvgIpc) is 3.21. The molecule has 0 aromatic heterocycles. The molecule has 0 radical (unpaired) electrons. The smallest absolute Gasteiger partial charge is 0.304 e. The molecular formula is C19H32N6O5. The van der Waals surface area contributed by atoms with Crippen molar-refractivity contribution in [3.63, 3.8) is 0 Å². The standard InChI is InChI=1S/C19H32N6O5/c1-2-3-4-5-6-7-8-9-10-24-23-13-16(21-19(20)22-17(13)29)25(24)18-15(28)14(27)12(11-26)30-18/h12,14-15,18,26-28H,2-11H2,1H3,(H2,20,22,29)/t12-,14-,15-,18-/m1/s1. The van der Waals surface area contributed by atoms with Crippen LogP contribution in [0, 0.1) is 0 Å². The minimum Gasteiger partial charge on any atom is -0.394 e. The number of nitrogens with zero attached hydrogens (tertiary/aromatic N) is 5. The van der Waals surface area contributed by atoms with Gasteiger partial charge in [0.15, 0.2) is 17.7 Å². The molecule has 0 aromatic carbocycles. The summed E-state index contributed by atoms with van der Waals surface area (Å²) in [5, 5.41) is 34.3. The van der Waals surface area contributed by atoms with E-state index in [9.17, 15) is 20.1 Å². The highest BCUT2D eigenvalue weighted by Gasteiger charge is 2.46. The highest BCUT2D eigenvalue weighted by Crippen LogP contribution is 2.32. The molecule has 0 unspecified atom stereocenters. The highest BCUT2D eigenvalue weighted by atomic mass is 16.6. The number of aryl methyl sites for hydroxylation is 1. The van der Waals surface area contributed by atoms with Gasteiger partial charge in [-0.1, -0.05) is 51.9 Å². The second-order valence-electron chi connectivity index (χ2n) is 7.80. The first-order valence-electron chi connectivity index (χ1n) is 10.7. The van der Waals surface area contributed by atoms with E-state index in [0.29, 0.717) is 6.54 Å². The minimum absolute atomic E-state index is 0.0153. The maximum absolute atomic E-state index is 12.2. The third-order valence-electron chi connectivity index (χ3n) is 5.50. The number of aliphatic hydroxyl groups is 3. The first-order valence-corrected chi connectivity index (χ1v) is 10.7. The van der Waals surface area contributed by atoms with Crippen LogP contribution in [0.5, 0.6) is 0 Å². The first kappa shape index (κ1) is 22.6. The fourth-order valence-corrected chi connectivity index (χ4v) is 3.84. The molecule has 168 valence electrons. The Morgan fingerprint density at radius 3 is 2.33 bits per heavy atom. The summed E-state index contributed by atoms with van der Waals surface area (Å²) in [6, 6.07) is 0. The number of ether oxygens (including phenoxy) is 1. The van der Waals surface area contributed by atoms with Crippen LogP contribution in [0.4, 0.5) is 5.95 Å². The van der Waals surface area contributed by atoms with Crippen molar-refractivity contribution in [1.29, 1.82) is 0 Å². The van der Waals surface area contributed by atoms with Gasteiger partial charge in [-0.05, 0) is 6.42 Å². The molecule has 1 saturated heterocycles. The van der Waals surface area contributed by atoms with Crippen molar-refractivity contribution in [1.82, 2.24) is 24.5 Å². The third-order valence-corrected chi connectivity index (χ3v) is 5.50. The molecule has 0 bridgehead atoms. The fraction of sp³-hybridized carbons (Fsp3) is 0.789. The monoisotopic (exact) mass is 424 g/mol. The van der Waals surface area contributed by atoms with Crippen molar-refractivity contribution in [2.45, 2.75) is 89.4 Å². The molecule has 0 saturated carbocycles. The van der Waals surface area contributed by atoms with Crippen molar-refractivity contribution in [3.05, 3.63) is 10.4 Å². The number of fused-ring (bicyclic) bond motifs is 1. The van der Waals surface area contributed by atoms with Crippen LogP contribution >= 0.6 is 0 Å². The lowest BCUT2D eigenvalue weighted by atomic mass is 10.1. The van der Waals surface area contributed by atoms with Crippen LogP contribution in [0.3, 0.4) is 0 Å². The second kappa shape index (κ2) is 10.3. The Hall–Kier alpha value is -2.08. The summed E-state index contributed by atoms with van der Waals surface area (Å²) in [6.45, 7) is 2.21. The van der Waals surface area contributed by atoms with E-state index in [-0.39, 0.29) is 17.5 Å². The molecule has 3 aliphatic rings.